The van der Waals surface area contributed by atoms with E-state index in [0.717, 1.165) is 10.9 Å². The van der Waals surface area contributed by atoms with Crippen LogP contribution in [0.2, 0.25) is 5.02 Å². The van der Waals surface area contributed by atoms with Crippen molar-refractivity contribution in [1.82, 2.24) is 4.98 Å². The van der Waals surface area contributed by atoms with E-state index in [2.05, 4.69) is 10.3 Å². The van der Waals surface area contributed by atoms with Crippen molar-refractivity contribution in [2.24, 2.45) is 0 Å². The minimum atomic E-state index is -1.06. The van der Waals surface area contributed by atoms with Gasteiger partial charge in [0.25, 0.3) is 5.91 Å². The first-order valence-corrected chi connectivity index (χ1v) is 8.77. The number of esters is 1. The Morgan fingerprint density at radius 3 is 2.75 bits per heavy atom. The molecular formula is C20H18ClN3O4. The molecule has 1 heterocycles. The largest absolute Gasteiger partial charge is 0.496 e. The lowest BCUT2D eigenvalue weighted by molar-refractivity contribution is -0.123. The number of nitrogens with two attached hydrogens (primary N) is 1. The van der Waals surface area contributed by atoms with Crippen LogP contribution in [0.1, 0.15) is 17.3 Å². The lowest BCUT2D eigenvalue weighted by Crippen LogP contribution is -2.30. The first-order valence-electron chi connectivity index (χ1n) is 8.39. The predicted molar refractivity (Wildman–Crippen MR) is 108 cm³/mol. The zero-order valence-electron chi connectivity index (χ0n) is 15.2. The van der Waals surface area contributed by atoms with E-state index in [0.29, 0.717) is 5.69 Å². The minimum Gasteiger partial charge on any atom is -0.496 e. The number of pyridine rings is 1. The fraction of sp³-hybridized carbons (Fsp3) is 0.150. The SMILES string of the molecule is COc1cc(N)c(Cl)cc1C(=O)OC(C)C(=O)Nc1cccc2ncccc12. The maximum atomic E-state index is 12.5. The van der Waals surface area contributed by atoms with Crippen molar-refractivity contribution in [2.45, 2.75) is 13.0 Å². The van der Waals surface area contributed by atoms with E-state index in [1.165, 1.54) is 26.2 Å². The van der Waals surface area contributed by atoms with Crippen LogP contribution in [0.5, 0.6) is 5.75 Å². The van der Waals surface area contributed by atoms with E-state index < -0.39 is 18.0 Å². The van der Waals surface area contributed by atoms with Gasteiger partial charge in [-0.2, -0.15) is 0 Å². The number of aromatic nitrogens is 1. The molecule has 0 bridgehead atoms. The third kappa shape index (κ3) is 3.99. The normalized spacial score (nSPS) is 11.7. The molecule has 3 N–H and O–H groups in total. The Morgan fingerprint density at radius 1 is 1.21 bits per heavy atom. The second-order valence-corrected chi connectivity index (χ2v) is 6.39. The third-order valence-electron chi connectivity index (χ3n) is 4.10. The molecule has 0 fully saturated rings. The summed E-state index contributed by atoms with van der Waals surface area (Å²) in [6, 6.07) is 11.8. The highest BCUT2D eigenvalue weighted by Gasteiger charge is 2.23. The van der Waals surface area contributed by atoms with Crippen LogP contribution in [0.15, 0.2) is 48.7 Å². The maximum absolute atomic E-state index is 12.5. The van der Waals surface area contributed by atoms with Gasteiger partial charge in [0.15, 0.2) is 6.10 Å². The number of nitrogen functional groups attached to an aromatic ring is 1. The third-order valence-corrected chi connectivity index (χ3v) is 4.42. The van der Waals surface area contributed by atoms with Gasteiger partial charge < -0.3 is 20.5 Å². The van der Waals surface area contributed by atoms with E-state index in [9.17, 15) is 9.59 Å². The number of benzene rings is 2. The Balaban J connectivity index is 1.76. The smallest absolute Gasteiger partial charge is 0.342 e. The van der Waals surface area contributed by atoms with Gasteiger partial charge in [-0.1, -0.05) is 17.7 Å². The van der Waals surface area contributed by atoms with Gasteiger partial charge in [0.2, 0.25) is 0 Å². The molecule has 0 radical (unpaired) electrons. The van der Waals surface area contributed by atoms with Crippen LogP contribution >= 0.6 is 11.6 Å². The van der Waals surface area contributed by atoms with Crippen molar-refractivity contribution in [2.75, 3.05) is 18.2 Å². The van der Waals surface area contributed by atoms with Crippen molar-refractivity contribution in [3.8, 4) is 5.75 Å². The number of anilines is 2. The highest BCUT2D eigenvalue weighted by atomic mass is 35.5. The van der Waals surface area contributed by atoms with Crippen LogP contribution in [0.4, 0.5) is 11.4 Å². The molecule has 7 nitrogen and oxygen atoms in total. The Morgan fingerprint density at radius 2 is 2.00 bits per heavy atom. The molecular weight excluding hydrogens is 382 g/mol. The number of carbonyl (C=O) groups excluding carboxylic acids is 2. The summed E-state index contributed by atoms with van der Waals surface area (Å²) in [6.07, 6.45) is 0.615. The molecule has 144 valence electrons. The van der Waals surface area contributed by atoms with Crippen LogP contribution in [0.25, 0.3) is 10.9 Å². The van der Waals surface area contributed by atoms with Crippen LogP contribution < -0.4 is 15.8 Å². The summed E-state index contributed by atoms with van der Waals surface area (Å²) >= 11 is 5.98. The van der Waals surface area contributed by atoms with Crippen LogP contribution in [-0.2, 0) is 9.53 Å². The molecule has 0 aliphatic heterocycles. The summed E-state index contributed by atoms with van der Waals surface area (Å²) in [5.41, 5.74) is 7.38. The number of ether oxygens (including phenoxy) is 2. The summed E-state index contributed by atoms with van der Waals surface area (Å²) in [4.78, 5) is 29.2. The molecule has 0 saturated carbocycles. The lowest BCUT2D eigenvalue weighted by Gasteiger charge is -2.16. The zero-order valence-corrected chi connectivity index (χ0v) is 16.0. The van der Waals surface area contributed by atoms with Crippen molar-refractivity contribution in [3.05, 3.63) is 59.2 Å². The maximum Gasteiger partial charge on any atom is 0.342 e. The number of fused-ring (bicyclic) bond motifs is 1. The van der Waals surface area contributed by atoms with Gasteiger partial charge in [-0.3, -0.25) is 9.78 Å². The van der Waals surface area contributed by atoms with Gasteiger partial charge in [-0.05, 0) is 37.3 Å². The van der Waals surface area contributed by atoms with Gasteiger partial charge in [0, 0.05) is 17.6 Å². The molecule has 1 unspecified atom stereocenters. The number of halogens is 1. The fourth-order valence-corrected chi connectivity index (χ4v) is 2.79. The monoisotopic (exact) mass is 399 g/mol. The van der Waals surface area contributed by atoms with Crippen molar-refractivity contribution < 1.29 is 19.1 Å². The fourth-order valence-electron chi connectivity index (χ4n) is 2.62. The molecule has 28 heavy (non-hydrogen) atoms. The van der Waals surface area contributed by atoms with E-state index in [1.807, 2.05) is 12.1 Å². The number of amides is 1. The second kappa shape index (κ2) is 8.14. The Labute approximate surface area is 166 Å². The van der Waals surface area contributed by atoms with Crippen LogP contribution in [0, 0.1) is 0 Å². The molecule has 8 heteroatoms. The van der Waals surface area contributed by atoms with E-state index in [1.54, 1.807) is 24.4 Å². The van der Waals surface area contributed by atoms with Crippen molar-refractivity contribution in [1.29, 1.82) is 0 Å². The summed E-state index contributed by atoms with van der Waals surface area (Å²) in [6.45, 7) is 1.47. The number of carbonyl (C=O) groups is 2. The van der Waals surface area contributed by atoms with Crippen LogP contribution in [0.3, 0.4) is 0 Å². The van der Waals surface area contributed by atoms with Crippen molar-refractivity contribution >= 4 is 45.8 Å². The van der Waals surface area contributed by atoms with Gasteiger partial charge in [-0.15, -0.1) is 0 Å². The van der Waals surface area contributed by atoms with Gasteiger partial charge in [0.1, 0.15) is 11.3 Å². The number of nitrogens with one attached hydrogen (secondary N) is 1. The van der Waals surface area contributed by atoms with Gasteiger partial charge >= 0.3 is 5.97 Å². The first-order chi connectivity index (χ1) is 13.4. The predicted octanol–water partition coefficient (Wildman–Crippen LogP) is 3.66. The Bertz CT molecular complexity index is 1050. The molecule has 1 aromatic heterocycles. The topological polar surface area (TPSA) is 104 Å². The molecule has 3 aromatic rings. The van der Waals surface area contributed by atoms with E-state index in [4.69, 9.17) is 26.8 Å². The quantitative estimate of drug-likeness (QED) is 0.501. The summed E-state index contributed by atoms with van der Waals surface area (Å²) in [5, 5.41) is 3.73. The lowest BCUT2D eigenvalue weighted by atomic mass is 10.1. The van der Waals surface area contributed by atoms with E-state index in [-0.39, 0.29) is 22.0 Å². The summed E-state index contributed by atoms with van der Waals surface area (Å²) in [5.74, 6) is -1.02. The van der Waals surface area contributed by atoms with Gasteiger partial charge in [0.05, 0.1) is 29.0 Å². The Kier molecular flexibility index (Phi) is 5.65. The molecule has 3 rings (SSSR count). The minimum absolute atomic E-state index is 0.0794. The van der Waals surface area contributed by atoms with Crippen LogP contribution in [-0.4, -0.2) is 30.1 Å². The molecule has 0 saturated heterocycles. The number of methoxy groups -OCH3 is 1. The standard InChI is InChI=1S/C20H18ClN3O4/c1-11(28-20(26)13-9-14(21)15(22)10-18(13)27-2)19(25)24-17-7-3-6-16-12(17)5-4-8-23-16/h3-11H,22H2,1-2H3,(H,24,25). The average molecular weight is 400 g/mol. The number of hydrogen-bond donors (Lipinski definition) is 2. The highest BCUT2D eigenvalue weighted by Crippen LogP contribution is 2.29. The molecule has 0 spiro atoms. The average Bonchev–Trinajstić information content (AvgIpc) is 2.69. The zero-order chi connectivity index (χ0) is 20.3. The summed E-state index contributed by atoms with van der Waals surface area (Å²) in [7, 11) is 1.39. The molecule has 1 amide bonds. The second-order valence-electron chi connectivity index (χ2n) is 5.99. The highest BCUT2D eigenvalue weighted by molar-refractivity contribution is 6.33. The van der Waals surface area contributed by atoms with Gasteiger partial charge in [-0.25, -0.2) is 4.79 Å². The first kappa shape index (κ1) is 19.4. The van der Waals surface area contributed by atoms with E-state index >= 15 is 0 Å². The number of hydrogen-bond acceptors (Lipinski definition) is 6. The van der Waals surface area contributed by atoms with Crippen molar-refractivity contribution in [3.63, 3.8) is 0 Å². The Hall–Kier alpha value is -3.32. The number of nitrogens with zero attached hydrogens (tertiary/aromatic N) is 1. The number of rotatable bonds is 5. The summed E-state index contributed by atoms with van der Waals surface area (Å²) < 4.78 is 10.4. The molecule has 0 aliphatic rings. The molecule has 2 aromatic carbocycles. The molecule has 1 atom stereocenters. The molecule has 0 aliphatic carbocycles.